The van der Waals surface area contributed by atoms with E-state index in [1.165, 1.54) is 16.9 Å². The van der Waals surface area contributed by atoms with Crippen molar-refractivity contribution in [3.8, 4) is 0 Å². The van der Waals surface area contributed by atoms with E-state index in [0.717, 1.165) is 11.4 Å². The first kappa shape index (κ1) is 14.9. The molecule has 1 aromatic heterocycles. The standard InChI is InChI=1S/C15H18N4O2S/c1-11-17-18-14(22-11)16-15(20)19-7-8-21-13(10-19)9-12-5-3-2-4-6-12/h2-6,13H,7-10H2,1H3,(H,16,18,20)/t13-/m1/s1. The van der Waals surface area contributed by atoms with E-state index in [1.807, 2.05) is 25.1 Å². The van der Waals surface area contributed by atoms with Crippen molar-refractivity contribution in [2.24, 2.45) is 0 Å². The number of hydrogen-bond donors (Lipinski definition) is 1. The summed E-state index contributed by atoms with van der Waals surface area (Å²) in [7, 11) is 0. The molecule has 3 rings (SSSR count). The molecule has 0 saturated carbocycles. The molecule has 1 saturated heterocycles. The molecule has 6 nitrogen and oxygen atoms in total. The van der Waals surface area contributed by atoms with Gasteiger partial charge in [-0.25, -0.2) is 4.79 Å². The van der Waals surface area contributed by atoms with Crippen molar-refractivity contribution in [2.45, 2.75) is 19.4 Å². The Labute approximate surface area is 133 Å². The highest BCUT2D eigenvalue weighted by Gasteiger charge is 2.25. The van der Waals surface area contributed by atoms with Crippen molar-refractivity contribution in [2.75, 3.05) is 25.0 Å². The lowest BCUT2D eigenvalue weighted by molar-refractivity contribution is -0.0113. The van der Waals surface area contributed by atoms with E-state index in [0.29, 0.717) is 24.8 Å². The lowest BCUT2D eigenvalue weighted by Crippen LogP contribution is -2.48. The molecule has 1 aromatic carbocycles. The van der Waals surface area contributed by atoms with Crippen LogP contribution in [-0.4, -0.2) is 46.9 Å². The zero-order valence-corrected chi connectivity index (χ0v) is 13.2. The minimum absolute atomic E-state index is 0.0260. The lowest BCUT2D eigenvalue weighted by Gasteiger charge is -2.32. The first-order chi connectivity index (χ1) is 10.7. The van der Waals surface area contributed by atoms with E-state index in [2.05, 4.69) is 27.6 Å². The Bertz CT molecular complexity index is 631. The average molecular weight is 318 g/mol. The molecule has 116 valence electrons. The van der Waals surface area contributed by atoms with E-state index in [9.17, 15) is 4.79 Å². The molecule has 22 heavy (non-hydrogen) atoms. The zero-order chi connectivity index (χ0) is 15.4. The van der Waals surface area contributed by atoms with Crippen molar-refractivity contribution < 1.29 is 9.53 Å². The van der Waals surface area contributed by atoms with Gasteiger partial charge in [-0.3, -0.25) is 5.32 Å². The number of nitrogens with zero attached hydrogens (tertiary/aromatic N) is 3. The quantitative estimate of drug-likeness (QED) is 0.943. The third-order valence-electron chi connectivity index (χ3n) is 3.47. The van der Waals surface area contributed by atoms with Crippen LogP contribution in [-0.2, 0) is 11.2 Å². The Morgan fingerprint density at radius 2 is 2.23 bits per heavy atom. The molecule has 0 bridgehead atoms. The number of hydrogen-bond acceptors (Lipinski definition) is 5. The highest BCUT2D eigenvalue weighted by Crippen LogP contribution is 2.16. The summed E-state index contributed by atoms with van der Waals surface area (Å²) in [6.45, 7) is 3.59. The Balaban J connectivity index is 1.57. The number of carbonyl (C=O) groups is 1. The largest absolute Gasteiger partial charge is 0.374 e. The minimum Gasteiger partial charge on any atom is -0.374 e. The van der Waals surface area contributed by atoms with Crippen LogP contribution in [0, 0.1) is 6.92 Å². The Kier molecular flexibility index (Phi) is 4.65. The lowest BCUT2D eigenvalue weighted by atomic mass is 10.1. The van der Waals surface area contributed by atoms with Crippen LogP contribution in [0.3, 0.4) is 0 Å². The van der Waals surface area contributed by atoms with E-state index in [1.54, 1.807) is 4.90 Å². The van der Waals surface area contributed by atoms with Crippen LogP contribution in [0.4, 0.5) is 9.93 Å². The molecule has 1 atom stereocenters. The molecular weight excluding hydrogens is 300 g/mol. The second kappa shape index (κ2) is 6.85. The van der Waals surface area contributed by atoms with Gasteiger partial charge in [0.1, 0.15) is 5.01 Å². The van der Waals surface area contributed by atoms with Gasteiger partial charge in [-0.15, -0.1) is 10.2 Å². The maximum absolute atomic E-state index is 12.3. The van der Waals surface area contributed by atoms with Gasteiger partial charge in [0.2, 0.25) is 5.13 Å². The Hall–Kier alpha value is -1.99. The number of amides is 2. The van der Waals surface area contributed by atoms with Crippen LogP contribution in [0.5, 0.6) is 0 Å². The summed E-state index contributed by atoms with van der Waals surface area (Å²) in [6, 6.07) is 10.0. The fourth-order valence-electron chi connectivity index (χ4n) is 2.42. The normalized spacial score (nSPS) is 18.2. The molecule has 2 heterocycles. The van der Waals surface area contributed by atoms with E-state index in [4.69, 9.17) is 4.74 Å². The third kappa shape index (κ3) is 3.80. The molecular formula is C15H18N4O2S. The number of aromatic nitrogens is 2. The van der Waals surface area contributed by atoms with Gasteiger partial charge in [0.25, 0.3) is 0 Å². The van der Waals surface area contributed by atoms with Gasteiger partial charge >= 0.3 is 6.03 Å². The highest BCUT2D eigenvalue weighted by molar-refractivity contribution is 7.15. The van der Waals surface area contributed by atoms with Gasteiger partial charge in [-0.1, -0.05) is 41.7 Å². The summed E-state index contributed by atoms with van der Waals surface area (Å²) in [5, 5.41) is 12.0. The summed E-state index contributed by atoms with van der Waals surface area (Å²) in [4.78, 5) is 14.0. The molecule has 1 aliphatic heterocycles. The predicted octanol–water partition coefficient (Wildman–Crippen LogP) is 2.32. The van der Waals surface area contributed by atoms with Crippen LogP contribution < -0.4 is 5.32 Å². The predicted molar refractivity (Wildman–Crippen MR) is 85.1 cm³/mol. The zero-order valence-electron chi connectivity index (χ0n) is 12.4. The first-order valence-electron chi connectivity index (χ1n) is 7.22. The molecule has 1 fully saturated rings. The molecule has 2 aromatic rings. The molecule has 7 heteroatoms. The summed E-state index contributed by atoms with van der Waals surface area (Å²) < 4.78 is 5.77. The van der Waals surface area contributed by atoms with E-state index in [-0.39, 0.29) is 12.1 Å². The second-order valence-corrected chi connectivity index (χ2v) is 6.37. The van der Waals surface area contributed by atoms with Crippen LogP contribution >= 0.6 is 11.3 Å². The summed E-state index contributed by atoms with van der Waals surface area (Å²) >= 11 is 1.37. The highest BCUT2D eigenvalue weighted by atomic mass is 32.1. The average Bonchev–Trinajstić information content (AvgIpc) is 2.93. The van der Waals surface area contributed by atoms with E-state index < -0.39 is 0 Å². The Morgan fingerprint density at radius 1 is 1.41 bits per heavy atom. The molecule has 0 unspecified atom stereocenters. The second-order valence-electron chi connectivity index (χ2n) is 5.18. The fourth-order valence-corrected chi connectivity index (χ4v) is 3.00. The Morgan fingerprint density at radius 3 is 2.95 bits per heavy atom. The van der Waals surface area contributed by atoms with Gasteiger partial charge in [0.15, 0.2) is 0 Å². The number of benzene rings is 1. The van der Waals surface area contributed by atoms with Crippen LogP contribution in [0.15, 0.2) is 30.3 Å². The third-order valence-corrected chi connectivity index (χ3v) is 4.23. The van der Waals surface area contributed by atoms with Gasteiger partial charge in [-0.2, -0.15) is 0 Å². The maximum atomic E-state index is 12.3. The topological polar surface area (TPSA) is 67.4 Å². The van der Waals surface area contributed by atoms with Gasteiger partial charge in [0, 0.05) is 19.5 Å². The van der Waals surface area contributed by atoms with Crippen LogP contribution in [0.25, 0.3) is 0 Å². The summed E-state index contributed by atoms with van der Waals surface area (Å²) in [5.74, 6) is 0. The number of aryl methyl sites for hydroxylation is 1. The number of nitrogens with one attached hydrogen (secondary N) is 1. The summed E-state index contributed by atoms with van der Waals surface area (Å²) in [6.07, 6.45) is 0.834. The SMILES string of the molecule is Cc1nnc(NC(=O)N2CCO[C@H](Cc3ccccc3)C2)s1. The molecule has 0 radical (unpaired) electrons. The molecule has 0 aliphatic carbocycles. The smallest absolute Gasteiger partial charge is 0.323 e. The van der Waals surface area contributed by atoms with Gasteiger partial charge in [-0.05, 0) is 12.5 Å². The molecule has 1 aliphatic rings. The number of carbonyl (C=O) groups excluding carboxylic acids is 1. The first-order valence-corrected chi connectivity index (χ1v) is 8.04. The summed E-state index contributed by atoms with van der Waals surface area (Å²) in [5.41, 5.74) is 1.22. The van der Waals surface area contributed by atoms with Gasteiger partial charge in [0.05, 0.1) is 12.7 Å². The van der Waals surface area contributed by atoms with E-state index >= 15 is 0 Å². The van der Waals surface area contributed by atoms with Crippen molar-refractivity contribution in [3.63, 3.8) is 0 Å². The van der Waals surface area contributed by atoms with Crippen molar-refractivity contribution in [3.05, 3.63) is 40.9 Å². The molecule has 2 amide bonds. The fraction of sp³-hybridized carbons (Fsp3) is 0.400. The van der Waals surface area contributed by atoms with Gasteiger partial charge < -0.3 is 9.64 Å². The van der Waals surface area contributed by atoms with Crippen LogP contribution in [0.2, 0.25) is 0 Å². The number of urea groups is 1. The van der Waals surface area contributed by atoms with Crippen molar-refractivity contribution in [1.29, 1.82) is 0 Å². The maximum Gasteiger partial charge on any atom is 0.323 e. The number of rotatable bonds is 3. The molecule has 0 spiro atoms. The van der Waals surface area contributed by atoms with Crippen molar-refractivity contribution >= 4 is 22.5 Å². The number of morpholine rings is 1. The molecule has 1 N–H and O–H groups in total. The van der Waals surface area contributed by atoms with Crippen LogP contribution in [0.1, 0.15) is 10.6 Å². The number of anilines is 1. The minimum atomic E-state index is -0.141. The number of ether oxygens (including phenoxy) is 1. The van der Waals surface area contributed by atoms with Crippen molar-refractivity contribution in [1.82, 2.24) is 15.1 Å². The monoisotopic (exact) mass is 318 g/mol.